The quantitative estimate of drug-likeness (QED) is 0.843. The third kappa shape index (κ3) is 3.86. The smallest absolute Gasteiger partial charge is 0.307 e. The van der Waals surface area contributed by atoms with Gasteiger partial charge in [0.05, 0.1) is 13.0 Å². The summed E-state index contributed by atoms with van der Waals surface area (Å²) in [5.41, 5.74) is 5.55. The van der Waals surface area contributed by atoms with E-state index >= 15 is 0 Å². The Balaban J connectivity index is 3.19. The first-order valence-corrected chi connectivity index (χ1v) is 7.01. The molecule has 20 heavy (non-hydrogen) atoms. The molecular weight excluding hydrogens is 252 g/mol. The lowest BCUT2D eigenvalue weighted by Gasteiger charge is -2.17. The van der Waals surface area contributed by atoms with Crippen molar-refractivity contribution in [3.8, 4) is 5.75 Å². The topological polar surface area (TPSA) is 46.5 Å². The molecule has 1 aromatic carbocycles. The number of allylic oxidation sites excluding steroid dienone is 1. The van der Waals surface area contributed by atoms with Crippen molar-refractivity contribution in [2.75, 3.05) is 6.61 Å². The molecule has 3 nitrogen and oxygen atoms in total. The van der Waals surface area contributed by atoms with Crippen molar-refractivity contribution in [1.82, 2.24) is 0 Å². The molecule has 110 valence electrons. The minimum atomic E-state index is -0.806. The SMILES string of the molecule is CCCOc1cc(C)c(/C(C)=C/CC(=O)O)c(C)c1C. The zero-order valence-corrected chi connectivity index (χ0v) is 13.0. The monoisotopic (exact) mass is 276 g/mol. The van der Waals surface area contributed by atoms with Gasteiger partial charge in [0.25, 0.3) is 0 Å². The van der Waals surface area contributed by atoms with Crippen LogP contribution in [-0.2, 0) is 4.79 Å². The Bertz CT molecular complexity index is 528. The number of carboxylic acid groups (broad SMARTS) is 1. The van der Waals surface area contributed by atoms with E-state index in [1.54, 1.807) is 6.08 Å². The lowest BCUT2D eigenvalue weighted by atomic mass is 9.92. The van der Waals surface area contributed by atoms with Gasteiger partial charge in [-0.2, -0.15) is 0 Å². The summed E-state index contributed by atoms with van der Waals surface area (Å²) in [5.74, 6) is 0.121. The Hall–Kier alpha value is -1.77. The molecule has 1 rings (SSSR count). The van der Waals surface area contributed by atoms with Crippen LogP contribution in [0.4, 0.5) is 0 Å². The molecule has 0 aliphatic carbocycles. The Kier molecular flexibility index (Phi) is 5.81. The molecule has 0 bridgehead atoms. The van der Waals surface area contributed by atoms with Crippen molar-refractivity contribution >= 4 is 11.5 Å². The van der Waals surface area contributed by atoms with Crippen LogP contribution in [0.5, 0.6) is 5.75 Å². The van der Waals surface area contributed by atoms with Crippen LogP contribution in [0.15, 0.2) is 12.1 Å². The van der Waals surface area contributed by atoms with Gasteiger partial charge in [-0.3, -0.25) is 4.79 Å². The van der Waals surface area contributed by atoms with Gasteiger partial charge in [-0.1, -0.05) is 13.0 Å². The summed E-state index contributed by atoms with van der Waals surface area (Å²) >= 11 is 0. The van der Waals surface area contributed by atoms with E-state index in [1.165, 1.54) is 0 Å². The first-order chi connectivity index (χ1) is 9.38. The van der Waals surface area contributed by atoms with Crippen LogP contribution in [0.2, 0.25) is 0 Å². The van der Waals surface area contributed by atoms with E-state index in [9.17, 15) is 4.79 Å². The second-order valence-electron chi connectivity index (χ2n) is 5.15. The maximum Gasteiger partial charge on any atom is 0.307 e. The third-order valence-corrected chi connectivity index (χ3v) is 3.49. The summed E-state index contributed by atoms with van der Waals surface area (Å²) in [5, 5.41) is 8.78. The van der Waals surface area contributed by atoms with Crippen LogP contribution in [0.3, 0.4) is 0 Å². The van der Waals surface area contributed by atoms with E-state index in [0.717, 1.165) is 40.0 Å². The van der Waals surface area contributed by atoms with Gasteiger partial charge in [0.1, 0.15) is 5.75 Å². The molecule has 0 amide bonds. The van der Waals surface area contributed by atoms with Gasteiger partial charge in [0, 0.05) is 0 Å². The molecule has 0 atom stereocenters. The van der Waals surface area contributed by atoms with E-state index < -0.39 is 5.97 Å². The van der Waals surface area contributed by atoms with Crippen molar-refractivity contribution in [2.45, 2.75) is 47.5 Å². The summed E-state index contributed by atoms with van der Waals surface area (Å²) in [4.78, 5) is 10.7. The molecule has 0 saturated heterocycles. The number of ether oxygens (including phenoxy) is 1. The Labute approximate surface area is 121 Å². The highest BCUT2D eigenvalue weighted by Gasteiger charge is 2.12. The molecule has 0 saturated carbocycles. The van der Waals surface area contributed by atoms with Crippen LogP contribution < -0.4 is 4.74 Å². The lowest BCUT2D eigenvalue weighted by molar-refractivity contribution is -0.135. The molecular formula is C17H24O3. The molecule has 0 unspecified atom stereocenters. The van der Waals surface area contributed by atoms with Crippen LogP contribution in [0, 0.1) is 20.8 Å². The first kappa shape index (κ1) is 16.3. The van der Waals surface area contributed by atoms with Crippen LogP contribution in [0.1, 0.15) is 48.9 Å². The zero-order valence-electron chi connectivity index (χ0n) is 13.0. The highest BCUT2D eigenvalue weighted by molar-refractivity contribution is 5.76. The summed E-state index contributed by atoms with van der Waals surface area (Å²) in [6, 6.07) is 2.05. The lowest BCUT2D eigenvalue weighted by Crippen LogP contribution is -2.02. The second-order valence-corrected chi connectivity index (χ2v) is 5.15. The Morgan fingerprint density at radius 1 is 1.30 bits per heavy atom. The van der Waals surface area contributed by atoms with E-state index in [1.807, 2.05) is 26.8 Å². The van der Waals surface area contributed by atoms with E-state index in [2.05, 4.69) is 13.8 Å². The van der Waals surface area contributed by atoms with Gasteiger partial charge in [0.15, 0.2) is 0 Å². The van der Waals surface area contributed by atoms with E-state index in [-0.39, 0.29) is 6.42 Å². The molecule has 1 aromatic rings. The minimum absolute atomic E-state index is 0.0534. The fraction of sp³-hybridized carbons (Fsp3) is 0.471. The van der Waals surface area contributed by atoms with E-state index in [0.29, 0.717) is 6.61 Å². The molecule has 0 fully saturated rings. The van der Waals surface area contributed by atoms with Crippen LogP contribution in [0.25, 0.3) is 5.57 Å². The van der Waals surface area contributed by atoms with Crippen molar-refractivity contribution in [3.63, 3.8) is 0 Å². The average Bonchev–Trinajstić information content (AvgIpc) is 2.39. The fourth-order valence-electron chi connectivity index (χ4n) is 2.36. The number of carboxylic acids is 1. The number of rotatable bonds is 6. The van der Waals surface area contributed by atoms with Gasteiger partial charge in [-0.25, -0.2) is 0 Å². The number of hydrogen-bond donors (Lipinski definition) is 1. The molecule has 0 radical (unpaired) electrons. The largest absolute Gasteiger partial charge is 0.493 e. The maximum absolute atomic E-state index is 10.7. The molecule has 0 aromatic heterocycles. The fourth-order valence-corrected chi connectivity index (χ4v) is 2.36. The summed E-state index contributed by atoms with van der Waals surface area (Å²) in [6.07, 6.45) is 2.80. The van der Waals surface area contributed by atoms with Crippen molar-refractivity contribution in [3.05, 3.63) is 34.4 Å². The minimum Gasteiger partial charge on any atom is -0.493 e. The van der Waals surface area contributed by atoms with Crippen LogP contribution in [-0.4, -0.2) is 17.7 Å². The predicted octanol–water partition coefficient (Wildman–Crippen LogP) is 4.28. The Morgan fingerprint density at radius 2 is 1.95 bits per heavy atom. The van der Waals surface area contributed by atoms with Crippen molar-refractivity contribution < 1.29 is 14.6 Å². The van der Waals surface area contributed by atoms with Gasteiger partial charge in [0.2, 0.25) is 0 Å². The zero-order chi connectivity index (χ0) is 15.3. The first-order valence-electron chi connectivity index (χ1n) is 7.01. The third-order valence-electron chi connectivity index (χ3n) is 3.49. The summed E-state index contributed by atoms with van der Waals surface area (Å²) in [6.45, 7) is 10.9. The van der Waals surface area contributed by atoms with Gasteiger partial charge >= 0.3 is 5.97 Å². The summed E-state index contributed by atoms with van der Waals surface area (Å²) < 4.78 is 5.77. The molecule has 0 aliphatic heterocycles. The van der Waals surface area contributed by atoms with Crippen molar-refractivity contribution in [1.29, 1.82) is 0 Å². The molecule has 0 spiro atoms. The second kappa shape index (κ2) is 7.13. The van der Waals surface area contributed by atoms with Gasteiger partial charge in [-0.15, -0.1) is 0 Å². The number of aliphatic carboxylic acids is 1. The number of carbonyl (C=O) groups is 1. The van der Waals surface area contributed by atoms with Gasteiger partial charge < -0.3 is 9.84 Å². The summed E-state index contributed by atoms with van der Waals surface area (Å²) in [7, 11) is 0. The highest BCUT2D eigenvalue weighted by Crippen LogP contribution is 2.32. The number of hydrogen-bond acceptors (Lipinski definition) is 2. The van der Waals surface area contributed by atoms with Crippen molar-refractivity contribution in [2.24, 2.45) is 0 Å². The number of aryl methyl sites for hydroxylation is 1. The molecule has 0 aliphatic rings. The van der Waals surface area contributed by atoms with Crippen LogP contribution >= 0.6 is 0 Å². The maximum atomic E-state index is 10.7. The molecule has 0 heterocycles. The standard InChI is InChI=1S/C17H24O3/c1-6-9-20-15-10-12(3)17(14(5)13(15)4)11(2)7-8-16(18)19/h7,10H,6,8-9H2,1-5H3,(H,18,19)/b11-7+. The molecule has 1 N–H and O–H groups in total. The molecule has 3 heteroatoms. The Morgan fingerprint density at radius 3 is 2.50 bits per heavy atom. The van der Waals surface area contributed by atoms with Gasteiger partial charge in [-0.05, 0) is 68.0 Å². The number of benzene rings is 1. The average molecular weight is 276 g/mol. The predicted molar refractivity (Wildman–Crippen MR) is 82.3 cm³/mol. The normalized spacial score (nSPS) is 11.6. The highest BCUT2D eigenvalue weighted by atomic mass is 16.5. The van der Waals surface area contributed by atoms with E-state index in [4.69, 9.17) is 9.84 Å².